The van der Waals surface area contributed by atoms with E-state index in [1.807, 2.05) is 0 Å². The number of hydrogen-bond donors (Lipinski definition) is 3. The molecular formula is C22H18FN3O4S2. The first-order valence-electron chi connectivity index (χ1n) is 9.53. The highest BCUT2D eigenvalue weighted by molar-refractivity contribution is 8.01. The van der Waals surface area contributed by atoms with Gasteiger partial charge in [0.1, 0.15) is 5.82 Å². The fourth-order valence-corrected chi connectivity index (χ4v) is 5.06. The van der Waals surface area contributed by atoms with Crippen molar-refractivity contribution in [3.05, 3.63) is 78.1 Å². The summed E-state index contributed by atoms with van der Waals surface area (Å²) in [7, 11) is -3.95. The van der Waals surface area contributed by atoms with E-state index in [2.05, 4.69) is 15.4 Å². The summed E-state index contributed by atoms with van der Waals surface area (Å²) in [6.07, 6.45) is 0. The molecule has 0 aromatic heterocycles. The smallest absolute Gasteiger partial charge is 0.261 e. The van der Waals surface area contributed by atoms with E-state index in [1.54, 1.807) is 31.2 Å². The number of thioether (sulfide) groups is 1. The first-order chi connectivity index (χ1) is 15.2. The number of amides is 2. The number of halogens is 1. The molecular weight excluding hydrogens is 453 g/mol. The lowest BCUT2D eigenvalue weighted by atomic mass is 10.1. The number of sulfonamides is 1. The number of rotatable bonds is 5. The third-order valence-electron chi connectivity index (χ3n) is 4.67. The van der Waals surface area contributed by atoms with E-state index in [0.29, 0.717) is 11.3 Å². The van der Waals surface area contributed by atoms with Crippen LogP contribution in [0.2, 0.25) is 0 Å². The molecule has 2 amide bonds. The van der Waals surface area contributed by atoms with E-state index in [-0.39, 0.29) is 27.4 Å². The Hall–Kier alpha value is -3.37. The van der Waals surface area contributed by atoms with Crippen molar-refractivity contribution in [3.63, 3.8) is 0 Å². The molecule has 7 nitrogen and oxygen atoms in total. The molecule has 0 spiro atoms. The van der Waals surface area contributed by atoms with Crippen LogP contribution in [0.1, 0.15) is 17.3 Å². The maximum absolute atomic E-state index is 13.0. The molecule has 164 valence electrons. The minimum Gasteiger partial charge on any atom is -0.324 e. The Morgan fingerprint density at radius 2 is 1.78 bits per heavy atom. The van der Waals surface area contributed by atoms with Crippen LogP contribution in [0, 0.1) is 5.82 Å². The highest BCUT2D eigenvalue weighted by Crippen LogP contribution is 2.36. The van der Waals surface area contributed by atoms with Crippen LogP contribution in [-0.4, -0.2) is 25.5 Å². The third-order valence-corrected chi connectivity index (χ3v) is 7.23. The Kier molecular flexibility index (Phi) is 5.90. The minimum absolute atomic E-state index is 0.0669. The number of anilines is 3. The lowest BCUT2D eigenvalue weighted by Crippen LogP contribution is -2.26. The van der Waals surface area contributed by atoms with Crippen molar-refractivity contribution in [2.75, 3.05) is 15.4 Å². The summed E-state index contributed by atoms with van der Waals surface area (Å²) in [5.41, 5.74) is 1.37. The number of nitrogens with one attached hydrogen (secondary N) is 3. The Morgan fingerprint density at radius 3 is 2.53 bits per heavy atom. The minimum atomic E-state index is -3.95. The third kappa shape index (κ3) is 4.76. The van der Waals surface area contributed by atoms with Gasteiger partial charge in [0, 0.05) is 21.8 Å². The average Bonchev–Trinajstić information content (AvgIpc) is 2.76. The van der Waals surface area contributed by atoms with E-state index in [0.717, 1.165) is 17.0 Å². The van der Waals surface area contributed by atoms with Crippen LogP contribution in [0.3, 0.4) is 0 Å². The van der Waals surface area contributed by atoms with Crippen molar-refractivity contribution in [1.82, 2.24) is 0 Å². The molecule has 10 heteroatoms. The second-order valence-corrected chi connectivity index (χ2v) is 10.1. The first-order valence-corrected chi connectivity index (χ1v) is 11.9. The highest BCUT2D eigenvalue weighted by atomic mass is 32.2. The molecule has 1 heterocycles. The molecule has 1 aliphatic heterocycles. The Morgan fingerprint density at radius 1 is 1.03 bits per heavy atom. The van der Waals surface area contributed by atoms with Gasteiger partial charge in [-0.3, -0.25) is 14.3 Å². The second-order valence-electron chi connectivity index (χ2n) is 7.05. The van der Waals surface area contributed by atoms with Crippen molar-refractivity contribution < 1.29 is 22.4 Å². The number of benzene rings is 3. The molecule has 0 bridgehead atoms. The first kappa shape index (κ1) is 21.8. The van der Waals surface area contributed by atoms with Crippen molar-refractivity contribution in [2.45, 2.75) is 22.0 Å². The molecule has 3 aromatic carbocycles. The van der Waals surface area contributed by atoms with Crippen molar-refractivity contribution in [2.24, 2.45) is 0 Å². The van der Waals surface area contributed by atoms with E-state index in [4.69, 9.17) is 0 Å². The van der Waals surface area contributed by atoms with Crippen molar-refractivity contribution in [3.8, 4) is 0 Å². The van der Waals surface area contributed by atoms with E-state index >= 15 is 0 Å². The van der Waals surface area contributed by atoms with Crippen LogP contribution in [0.25, 0.3) is 0 Å². The Labute approximate surface area is 188 Å². The van der Waals surface area contributed by atoms with Gasteiger partial charge in [-0.1, -0.05) is 6.07 Å². The van der Waals surface area contributed by atoms with Crippen LogP contribution in [0.15, 0.2) is 76.5 Å². The zero-order valence-electron chi connectivity index (χ0n) is 16.8. The standard InChI is InChI=1S/C22H18FN3O4S2/c1-13-21(27)25-19-11-14(5-10-20(19)31-13)22(28)24-17-3-2-4-18(12-17)32(29,30)26-16-8-6-15(23)7-9-16/h2-13,26H,1H3,(H,24,28)(H,25,27). The van der Waals surface area contributed by atoms with Gasteiger partial charge in [0.15, 0.2) is 0 Å². The zero-order valence-corrected chi connectivity index (χ0v) is 18.4. The molecule has 4 rings (SSSR count). The zero-order chi connectivity index (χ0) is 22.9. The Bertz CT molecular complexity index is 1310. The lowest BCUT2D eigenvalue weighted by Gasteiger charge is -2.21. The van der Waals surface area contributed by atoms with Gasteiger partial charge in [-0.2, -0.15) is 0 Å². The summed E-state index contributed by atoms with van der Waals surface area (Å²) in [6, 6.07) is 15.7. The maximum atomic E-state index is 13.0. The molecule has 1 unspecified atom stereocenters. The van der Waals surface area contributed by atoms with Gasteiger partial charge in [-0.15, -0.1) is 11.8 Å². The monoisotopic (exact) mass is 471 g/mol. The Balaban J connectivity index is 1.51. The quantitative estimate of drug-likeness (QED) is 0.514. The van der Waals surface area contributed by atoms with Gasteiger partial charge in [-0.05, 0) is 67.6 Å². The van der Waals surface area contributed by atoms with Gasteiger partial charge in [0.05, 0.1) is 15.8 Å². The highest BCUT2D eigenvalue weighted by Gasteiger charge is 2.24. The summed E-state index contributed by atoms with van der Waals surface area (Å²) in [4.78, 5) is 25.4. The van der Waals surface area contributed by atoms with Crippen LogP contribution in [0.4, 0.5) is 21.5 Å². The fraction of sp³-hybridized carbons (Fsp3) is 0.0909. The van der Waals surface area contributed by atoms with Gasteiger partial charge >= 0.3 is 0 Å². The summed E-state index contributed by atoms with van der Waals surface area (Å²) in [5, 5.41) is 5.23. The van der Waals surface area contributed by atoms with E-state index < -0.39 is 21.7 Å². The van der Waals surface area contributed by atoms with Crippen molar-refractivity contribution >= 4 is 50.7 Å². The molecule has 0 radical (unpaired) electrons. The number of carbonyl (C=O) groups excluding carboxylic acids is 2. The molecule has 0 saturated carbocycles. The van der Waals surface area contributed by atoms with Gasteiger partial charge < -0.3 is 10.6 Å². The second kappa shape index (κ2) is 8.64. The summed E-state index contributed by atoms with van der Waals surface area (Å²) >= 11 is 1.41. The predicted octanol–water partition coefficient (Wildman–Crippen LogP) is 4.31. The van der Waals surface area contributed by atoms with Crippen molar-refractivity contribution in [1.29, 1.82) is 0 Å². The summed E-state index contributed by atoms with van der Waals surface area (Å²) in [5.74, 6) is -1.06. The number of carbonyl (C=O) groups is 2. The SMILES string of the molecule is CC1Sc2ccc(C(=O)Nc3cccc(S(=O)(=O)Nc4ccc(F)cc4)c3)cc2NC1=O. The summed E-state index contributed by atoms with van der Waals surface area (Å²) < 4.78 is 40.7. The molecule has 0 saturated heterocycles. The predicted molar refractivity (Wildman–Crippen MR) is 122 cm³/mol. The lowest BCUT2D eigenvalue weighted by molar-refractivity contribution is -0.115. The van der Waals surface area contributed by atoms with Gasteiger partial charge in [0.2, 0.25) is 5.91 Å². The molecule has 0 aliphatic carbocycles. The van der Waals surface area contributed by atoms with Gasteiger partial charge in [0.25, 0.3) is 15.9 Å². The number of fused-ring (bicyclic) bond motifs is 1. The van der Waals surface area contributed by atoms with E-state index in [9.17, 15) is 22.4 Å². The topological polar surface area (TPSA) is 104 Å². The average molecular weight is 472 g/mol. The molecule has 32 heavy (non-hydrogen) atoms. The van der Waals surface area contributed by atoms with Gasteiger partial charge in [-0.25, -0.2) is 12.8 Å². The van der Waals surface area contributed by atoms with Crippen LogP contribution in [-0.2, 0) is 14.8 Å². The van der Waals surface area contributed by atoms with Crippen LogP contribution in [0.5, 0.6) is 0 Å². The van der Waals surface area contributed by atoms with Crippen LogP contribution >= 0.6 is 11.8 Å². The number of hydrogen-bond acceptors (Lipinski definition) is 5. The molecule has 0 fully saturated rings. The maximum Gasteiger partial charge on any atom is 0.261 e. The normalized spacial score (nSPS) is 15.4. The largest absolute Gasteiger partial charge is 0.324 e. The van der Waals surface area contributed by atoms with Crippen LogP contribution < -0.4 is 15.4 Å². The molecule has 1 atom stereocenters. The summed E-state index contributed by atoms with van der Waals surface area (Å²) in [6.45, 7) is 1.80. The molecule has 3 N–H and O–H groups in total. The fourth-order valence-electron chi connectivity index (χ4n) is 3.03. The van der Waals surface area contributed by atoms with E-state index in [1.165, 1.54) is 42.1 Å². The molecule has 1 aliphatic rings. The molecule has 3 aromatic rings.